The molecule has 10 nitrogen and oxygen atoms in total. The summed E-state index contributed by atoms with van der Waals surface area (Å²) in [6.45, 7) is 11.1. The van der Waals surface area contributed by atoms with Gasteiger partial charge in [0.2, 0.25) is 0 Å². The molecular weight excluding hydrogens is 604 g/mol. The quantitative estimate of drug-likeness (QED) is 0.268. The molecule has 0 saturated carbocycles. The molecule has 0 spiro atoms. The van der Waals surface area contributed by atoms with E-state index < -0.39 is 12.0 Å². The molecule has 46 heavy (non-hydrogen) atoms. The highest BCUT2D eigenvalue weighted by Gasteiger charge is 2.35. The maximum atomic E-state index is 14.2. The molecule has 1 fully saturated rings. The first-order valence-corrected chi connectivity index (χ1v) is 16.1. The monoisotopic (exact) mass is 642 g/mol. The zero-order valence-corrected chi connectivity index (χ0v) is 27.8. The summed E-state index contributed by atoms with van der Waals surface area (Å²) in [5.41, 5.74) is 6.39. The molecular formula is C35H38N4O6S. The van der Waals surface area contributed by atoms with Crippen molar-refractivity contribution in [3.63, 3.8) is 0 Å². The summed E-state index contributed by atoms with van der Waals surface area (Å²) in [6.07, 6.45) is 1.91. The minimum atomic E-state index is -0.796. The van der Waals surface area contributed by atoms with E-state index in [0.717, 1.165) is 48.9 Å². The van der Waals surface area contributed by atoms with Crippen molar-refractivity contribution < 1.29 is 23.7 Å². The van der Waals surface area contributed by atoms with Crippen LogP contribution in [0.5, 0.6) is 11.5 Å². The average Bonchev–Trinajstić information content (AvgIpc) is 3.53. The summed E-state index contributed by atoms with van der Waals surface area (Å²) in [7, 11) is 3.12. The number of allylic oxidation sites excluding steroid dienone is 1. The first-order chi connectivity index (χ1) is 22.2. The fourth-order valence-corrected chi connectivity index (χ4v) is 7.27. The van der Waals surface area contributed by atoms with Gasteiger partial charge in [-0.25, -0.2) is 9.79 Å². The molecule has 0 radical (unpaired) electrons. The van der Waals surface area contributed by atoms with E-state index in [1.807, 2.05) is 12.1 Å². The number of aryl methyl sites for hydroxylation is 1. The third-order valence-electron chi connectivity index (χ3n) is 8.49. The van der Waals surface area contributed by atoms with Crippen molar-refractivity contribution >= 4 is 29.1 Å². The van der Waals surface area contributed by atoms with Crippen LogP contribution in [0.3, 0.4) is 0 Å². The van der Waals surface area contributed by atoms with E-state index in [9.17, 15) is 9.59 Å². The van der Waals surface area contributed by atoms with Gasteiger partial charge in [0.15, 0.2) is 4.80 Å². The highest BCUT2D eigenvalue weighted by molar-refractivity contribution is 7.07. The molecule has 0 N–H and O–H groups in total. The highest BCUT2D eigenvalue weighted by Crippen LogP contribution is 2.37. The number of carbonyl (C=O) groups excluding carboxylic acids is 1. The van der Waals surface area contributed by atoms with Crippen molar-refractivity contribution in [2.24, 2.45) is 4.99 Å². The number of hydrogen-bond acceptors (Lipinski definition) is 9. The molecule has 4 aromatic rings. The van der Waals surface area contributed by atoms with E-state index in [-0.39, 0.29) is 12.2 Å². The molecule has 0 aliphatic carbocycles. The topological polar surface area (TPSA) is 96.5 Å². The Labute approximate surface area is 271 Å². The van der Waals surface area contributed by atoms with Gasteiger partial charge < -0.3 is 28.4 Å². The van der Waals surface area contributed by atoms with Crippen LogP contribution in [-0.4, -0.2) is 62.2 Å². The van der Waals surface area contributed by atoms with Gasteiger partial charge in [-0.15, -0.1) is 0 Å². The van der Waals surface area contributed by atoms with Gasteiger partial charge in [-0.2, -0.15) is 0 Å². The lowest BCUT2D eigenvalue weighted by Gasteiger charge is -2.29. The van der Waals surface area contributed by atoms with Crippen molar-refractivity contribution in [2.75, 3.05) is 52.0 Å². The van der Waals surface area contributed by atoms with Crippen LogP contribution >= 0.6 is 11.3 Å². The highest BCUT2D eigenvalue weighted by atomic mass is 32.1. The van der Waals surface area contributed by atoms with E-state index in [1.165, 1.54) is 17.0 Å². The van der Waals surface area contributed by atoms with Crippen LogP contribution in [0, 0.1) is 13.8 Å². The van der Waals surface area contributed by atoms with Gasteiger partial charge in [-0.1, -0.05) is 11.3 Å². The number of rotatable bonds is 8. The summed E-state index contributed by atoms with van der Waals surface area (Å²) in [5.74, 6) is 0.556. The number of fused-ring (bicyclic) bond motifs is 1. The second kappa shape index (κ2) is 13.0. The normalized spacial score (nSPS) is 16.7. The third kappa shape index (κ3) is 5.65. The van der Waals surface area contributed by atoms with Gasteiger partial charge >= 0.3 is 5.97 Å². The number of benzene rings is 2. The fraction of sp³-hybridized carbons (Fsp3) is 0.343. The van der Waals surface area contributed by atoms with Crippen LogP contribution in [0.15, 0.2) is 69.6 Å². The lowest BCUT2D eigenvalue weighted by molar-refractivity contribution is -0.139. The SMILES string of the molecule is CCOC(=O)C1=C(C)N=c2sc(=Cc3cc(C)n(-c4ccc(N5CCOCC5)cc4)c3C)c(=O)n2[C@H]1c1ccc(OC)cc1OC. The number of nitrogens with zero attached hydrogens (tertiary/aromatic N) is 4. The molecule has 0 amide bonds. The maximum absolute atomic E-state index is 14.2. The summed E-state index contributed by atoms with van der Waals surface area (Å²) in [4.78, 5) is 35.1. The fourth-order valence-electron chi connectivity index (χ4n) is 6.24. The number of carbonyl (C=O) groups is 1. The van der Waals surface area contributed by atoms with Crippen LogP contribution in [0.2, 0.25) is 0 Å². The predicted molar refractivity (Wildman–Crippen MR) is 178 cm³/mol. The molecule has 6 rings (SSSR count). The number of esters is 1. The number of morpholine rings is 1. The van der Waals surface area contributed by atoms with Gasteiger partial charge in [-0.3, -0.25) is 9.36 Å². The Morgan fingerprint density at radius 2 is 1.74 bits per heavy atom. The van der Waals surface area contributed by atoms with Crippen LogP contribution in [0.4, 0.5) is 5.69 Å². The molecule has 0 bridgehead atoms. The first-order valence-electron chi connectivity index (χ1n) is 15.3. The van der Waals surface area contributed by atoms with Crippen LogP contribution in [0.25, 0.3) is 11.8 Å². The van der Waals surface area contributed by atoms with Crippen molar-refractivity contribution in [1.29, 1.82) is 0 Å². The maximum Gasteiger partial charge on any atom is 0.338 e. The number of aromatic nitrogens is 2. The van der Waals surface area contributed by atoms with Gasteiger partial charge in [0.1, 0.15) is 17.5 Å². The number of hydrogen-bond donors (Lipinski definition) is 0. The Bertz CT molecular complexity index is 2000. The number of ether oxygens (including phenoxy) is 4. The Morgan fingerprint density at radius 1 is 1.02 bits per heavy atom. The number of methoxy groups -OCH3 is 2. The van der Waals surface area contributed by atoms with Gasteiger partial charge in [-0.05, 0) is 81.8 Å². The Kier molecular flexibility index (Phi) is 8.88. The Hall–Kier alpha value is -4.61. The lowest BCUT2D eigenvalue weighted by atomic mass is 9.95. The molecule has 11 heteroatoms. The van der Waals surface area contributed by atoms with E-state index in [1.54, 1.807) is 44.8 Å². The summed E-state index contributed by atoms with van der Waals surface area (Å²) in [6, 6.07) is 15.2. The summed E-state index contributed by atoms with van der Waals surface area (Å²) in [5, 5.41) is 0. The zero-order chi connectivity index (χ0) is 32.5. The number of thiazole rings is 1. The number of anilines is 1. The predicted octanol–water partition coefficient (Wildman–Crippen LogP) is 4.06. The molecule has 2 aromatic carbocycles. The molecule has 2 aromatic heterocycles. The average molecular weight is 643 g/mol. The minimum absolute atomic E-state index is 0.193. The van der Waals surface area contributed by atoms with E-state index in [0.29, 0.717) is 37.7 Å². The van der Waals surface area contributed by atoms with Crippen LogP contribution < -0.4 is 29.3 Å². The van der Waals surface area contributed by atoms with E-state index >= 15 is 0 Å². The Morgan fingerprint density at radius 3 is 2.41 bits per heavy atom. The standard InChI is InChI=1S/C35H38N4O6S/c1-7-45-34(41)31-22(3)36-35-39(32(31)28-13-12-27(42-5)20-29(28)43-6)33(40)30(46-35)19-24-18-21(2)38(23(24)4)26-10-8-25(9-11-26)37-14-16-44-17-15-37/h8-13,18-20,32H,7,14-17H2,1-6H3/t32-/m0/s1. The minimum Gasteiger partial charge on any atom is -0.497 e. The Balaban J connectivity index is 1.44. The lowest BCUT2D eigenvalue weighted by Crippen LogP contribution is -2.40. The van der Waals surface area contributed by atoms with Gasteiger partial charge in [0, 0.05) is 47.5 Å². The smallest absolute Gasteiger partial charge is 0.338 e. The van der Waals surface area contributed by atoms with Crippen molar-refractivity contribution in [3.05, 3.63) is 102 Å². The molecule has 4 heterocycles. The summed E-state index contributed by atoms with van der Waals surface area (Å²) < 4.78 is 26.3. The largest absolute Gasteiger partial charge is 0.497 e. The molecule has 1 atom stereocenters. The van der Waals surface area contributed by atoms with E-state index in [2.05, 4.69) is 53.6 Å². The van der Waals surface area contributed by atoms with Gasteiger partial charge in [0.05, 0.1) is 49.8 Å². The van der Waals surface area contributed by atoms with Crippen molar-refractivity contribution in [3.8, 4) is 17.2 Å². The van der Waals surface area contributed by atoms with Crippen LogP contribution in [-0.2, 0) is 14.3 Å². The molecule has 2 aliphatic rings. The molecule has 0 unspecified atom stereocenters. The van der Waals surface area contributed by atoms with E-state index in [4.69, 9.17) is 23.9 Å². The zero-order valence-electron chi connectivity index (χ0n) is 27.0. The first kappa shape index (κ1) is 31.4. The second-order valence-corrected chi connectivity index (χ2v) is 12.2. The second-order valence-electron chi connectivity index (χ2n) is 11.2. The third-order valence-corrected chi connectivity index (χ3v) is 9.48. The van der Waals surface area contributed by atoms with Crippen molar-refractivity contribution in [2.45, 2.75) is 33.7 Å². The van der Waals surface area contributed by atoms with Gasteiger partial charge in [0.25, 0.3) is 5.56 Å². The molecule has 240 valence electrons. The van der Waals surface area contributed by atoms with Crippen molar-refractivity contribution in [1.82, 2.24) is 9.13 Å². The summed E-state index contributed by atoms with van der Waals surface area (Å²) >= 11 is 1.30. The van der Waals surface area contributed by atoms with Crippen LogP contribution in [0.1, 0.15) is 42.4 Å². The molecule has 1 saturated heterocycles. The molecule has 2 aliphatic heterocycles.